The number of carbonyl (C=O) groups is 1. The van der Waals surface area contributed by atoms with Gasteiger partial charge in [0, 0.05) is 6.07 Å². The maximum absolute atomic E-state index is 14.5. The lowest BCUT2D eigenvalue weighted by Gasteiger charge is -2.28. The highest BCUT2D eigenvalue weighted by Gasteiger charge is 2.23. The van der Waals surface area contributed by atoms with Crippen molar-refractivity contribution < 1.29 is 18.3 Å². The molecule has 1 aliphatic carbocycles. The van der Waals surface area contributed by atoms with Gasteiger partial charge in [0.15, 0.2) is 0 Å². The average molecular weight is 383 g/mol. The van der Waals surface area contributed by atoms with E-state index in [4.69, 9.17) is 10.00 Å². The van der Waals surface area contributed by atoms with Crippen LogP contribution in [-0.2, 0) is 0 Å². The van der Waals surface area contributed by atoms with Crippen LogP contribution in [-0.4, -0.2) is 5.97 Å². The van der Waals surface area contributed by atoms with E-state index in [1.807, 2.05) is 0 Å². The van der Waals surface area contributed by atoms with Crippen LogP contribution in [0.5, 0.6) is 5.75 Å². The van der Waals surface area contributed by atoms with Gasteiger partial charge in [-0.1, -0.05) is 25.8 Å². The lowest BCUT2D eigenvalue weighted by Crippen LogP contribution is -2.15. The van der Waals surface area contributed by atoms with Crippen LogP contribution in [0.3, 0.4) is 0 Å². The maximum Gasteiger partial charge on any atom is 0.346 e. The minimum absolute atomic E-state index is 0.0702. The second kappa shape index (κ2) is 8.97. The standard InChI is InChI=1S/C23H23F2NO2/c1-2-3-15-4-6-16(7-5-15)17-9-11-20(22(25)12-17)23(27)28-19-10-8-18(14-26)21(24)13-19/h8-13,15-16H,2-7H2,1H3. The quantitative estimate of drug-likeness (QED) is 0.461. The van der Waals surface area contributed by atoms with Gasteiger partial charge >= 0.3 is 5.97 Å². The highest BCUT2D eigenvalue weighted by Crippen LogP contribution is 2.37. The van der Waals surface area contributed by atoms with Gasteiger partial charge in [-0.3, -0.25) is 0 Å². The molecule has 5 heteroatoms. The van der Waals surface area contributed by atoms with Crippen molar-refractivity contribution in [2.24, 2.45) is 5.92 Å². The van der Waals surface area contributed by atoms with Crippen molar-refractivity contribution in [3.05, 3.63) is 64.7 Å². The number of hydrogen-bond acceptors (Lipinski definition) is 3. The van der Waals surface area contributed by atoms with E-state index >= 15 is 0 Å². The molecule has 0 bridgehead atoms. The fraction of sp³-hybridized carbons (Fsp3) is 0.391. The summed E-state index contributed by atoms with van der Waals surface area (Å²) in [5.74, 6) is -1.29. The van der Waals surface area contributed by atoms with Gasteiger partial charge < -0.3 is 4.74 Å². The molecule has 0 aromatic heterocycles. The smallest absolute Gasteiger partial charge is 0.346 e. The van der Waals surface area contributed by atoms with Crippen LogP contribution in [0.1, 0.15) is 72.9 Å². The van der Waals surface area contributed by atoms with E-state index in [0.717, 1.165) is 43.2 Å². The summed E-state index contributed by atoms with van der Waals surface area (Å²) < 4.78 is 33.2. The zero-order chi connectivity index (χ0) is 20.1. The van der Waals surface area contributed by atoms with E-state index in [1.54, 1.807) is 12.1 Å². The van der Waals surface area contributed by atoms with Crippen LogP contribution in [0, 0.1) is 28.9 Å². The Labute approximate surface area is 163 Å². The Hall–Kier alpha value is -2.74. The summed E-state index contributed by atoms with van der Waals surface area (Å²) in [5, 5.41) is 8.73. The molecule has 0 atom stereocenters. The summed E-state index contributed by atoms with van der Waals surface area (Å²) in [6.07, 6.45) is 6.85. The molecule has 0 N–H and O–H groups in total. The predicted molar refractivity (Wildman–Crippen MR) is 102 cm³/mol. The van der Waals surface area contributed by atoms with E-state index in [9.17, 15) is 13.6 Å². The van der Waals surface area contributed by atoms with Crippen LogP contribution in [0.2, 0.25) is 0 Å². The summed E-state index contributed by atoms with van der Waals surface area (Å²) in [6, 6.07) is 9.79. The first-order valence-corrected chi connectivity index (χ1v) is 9.73. The molecule has 2 aromatic rings. The van der Waals surface area contributed by atoms with E-state index in [1.165, 1.54) is 37.1 Å². The molecular weight excluding hydrogens is 360 g/mol. The zero-order valence-corrected chi connectivity index (χ0v) is 15.9. The number of hydrogen-bond donors (Lipinski definition) is 0. The molecule has 2 aromatic carbocycles. The van der Waals surface area contributed by atoms with Crippen LogP contribution in [0.4, 0.5) is 8.78 Å². The Bertz CT molecular complexity index is 896. The van der Waals surface area contributed by atoms with Gasteiger partial charge in [0.1, 0.15) is 23.5 Å². The Morgan fingerprint density at radius 1 is 1.11 bits per heavy atom. The fourth-order valence-electron chi connectivity index (χ4n) is 3.96. The summed E-state index contributed by atoms with van der Waals surface area (Å²) >= 11 is 0. The Morgan fingerprint density at radius 2 is 1.86 bits per heavy atom. The number of carbonyl (C=O) groups excluding carboxylic acids is 1. The molecule has 146 valence electrons. The van der Waals surface area contributed by atoms with E-state index in [0.29, 0.717) is 5.92 Å². The van der Waals surface area contributed by atoms with Crippen molar-refractivity contribution in [3.63, 3.8) is 0 Å². The molecule has 28 heavy (non-hydrogen) atoms. The topological polar surface area (TPSA) is 50.1 Å². The number of rotatable bonds is 5. The fourth-order valence-corrected chi connectivity index (χ4v) is 3.96. The van der Waals surface area contributed by atoms with Gasteiger partial charge in [0.05, 0.1) is 11.1 Å². The number of benzene rings is 2. The van der Waals surface area contributed by atoms with Gasteiger partial charge in [-0.2, -0.15) is 5.26 Å². The minimum Gasteiger partial charge on any atom is -0.423 e. The summed E-state index contributed by atoms with van der Waals surface area (Å²) in [5.41, 5.74) is 0.575. The molecular formula is C23H23F2NO2. The summed E-state index contributed by atoms with van der Waals surface area (Å²) in [4.78, 5) is 12.3. The number of halogens is 2. The van der Waals surface area contributed by atoms with Crippen LogP contribution >= 0.6 is 0 Å². The second-order valence-corrected chi connectivity index (χ2v) is 7.39. The van der Waals surface area contributed by atoms with Crippen LogP contribution < -0.4 is 4.74 Å². The lowest BCUT2D eigenvalue weighted by atomic mass is 9.77. The van der Waals surface area contributed by atoms with Crippen molar-refractivity contribution in [1.82, 2.24) is 0 Å². The molecule has 0 spiro atoms. The van der Waals surface area contributed by atoms with Gasteiger partial charge in [-0.15, -0.1) is 0 Å². The molecule has 3 nitrogen and oxygen atoms in total. The van der Waals surface area contributed by atoms with Gasteiger partial charge in [0.2, 0.25) is 0 Å². The molecule has 0 amide bonds. The van der Waals surface area contributed by atoms with E-state index in [2.05, 4.69) is 6.92 Å². The van der Waals surface area contributed by atoms with Crippen molar-refractivity contribution in [2.75, 3.05) is 0 Å². The average Bonchev–Trinajstić information content (AvgIpc) is 2.69. The molecule has 1 aliphatic rings. The number of nitriles is 1. The first-order valence-electron chi connectivity index (χ1n) is 9.73. The third-order valence-electron chi connectivity index (χ3n) is 5.50. The monoisotopic (exact) mass is 383 g/mol. The van der Waals surface area contributed by atoms with Gasteiger partial charge in [-0.25, -0.2) is 13.6 Å². The molecule has 0 radical (unpaired) electrons. The maximum atomic E-state index is 14.5. The number of ether oxygens (including phenoxy) is 1. The van der Waals surface area contributed by atoms with E-state index < -0.39 is 17.6 Å². The first kappa shape index (κ1) is 20.0. The largest absolute Gasteiger partial charge is 0.423 e. The Morgan fingerprint density at radius 3 is 2.46 bits per heavy atom. The highest BCUT2D eigenvalue weighted by molar-refractivity contribution is 5.91. The zero-order valence-electron chi connectivity index (χ0n) is 15.9. The lowest BCUT2D eigenvalue weighted by molar-refractivity contribution is 0.0729. The molecule has 1 saturated carbocycles. The first-order chi connectivity index (χ1) is 13.5. The molecule has 0 unspecified atom stereocenters. The molecule has 0 saturated heterocycles. The van der Waals surface area contributed by atoms with Gasteiger partial charge in [-0.05, 0) is 67.3 Å². The molecule has 3 rings (SSSR count). The minimum atomic E-state index is -0.889. The third kappa shape index (κ3) is 4.56. The number of nitrogens with zero attached hydrogens (tertiary/aromatic N) is 1. The summed E-state index contributed by atoms with van der Waals surface area (Å²) in [7, 11) is 0. The van der Waals surface area contributed by atoms with Crippen molar-refractivity contribution >= 4 is 5.97 Å². The van der Waals surface area contributed by atoms with Gasteiger partial charge in [0.25, 0.3) is 0 Å². The normalized spacial score (nSPS) is 19.1. The predicted octanol–water partition coefficient (Wildman–Crippen LogP) is 6.13. The second-order valence-electron chi connectivity index (χ2n) is 7.39. The third-order valence-corrected chi connectivity index (χ3v) is 5.50. The van der Waals surface area contributed by atoms with Crippen molar-refractivity contribution in [2.45, 2.75) is 51.4 Å². The number of esters is 1. The Balaban J connectivity index is 1.68. The highest BCUT2D eigenvalue weighted by atomic mass is 19.1. The van der Waals surface area contributed by atoms with Crippen LogP contribution in [0.25, 0.3) is 0 Å². The summed E-state index contributed by atoms with van der Waals surface area (Å²) in [6.45, 7) is 2.20. The van der Waals surface area contributed by atoms with Crippen molar-refractivity contribution in [1.29, 1.82) is 5.26 Å². The van der Waals surface area contributed by atoms with Crippen LogP contribution in [0.15, 0.2) is 36.4 Å². The molecule has 0 heterocycles. The van der Waals surface area contributed by atoms with Crippen molar-refractivity contribution in [3.8, 4) is 11.8 Å². The molecule has 1 fully saturated rings. The SMILES string of the molecule is CCCC1CCC(c2ccc(C(=O)Oc3ccc(C#N)c(F)c3)c(F)c2)CC1. The Kier molecular flexibility index (Phi) is 6.41. The van der Waals surface area contributed by atoms with E-state index in [-0.39, 0.29) is 16.9 Å². The molecule has 0 aliphatic heterocycles.